The maximum absolute atomic E-state index is 12.6. The Labute approximate surface area is 485 Å². The number of allylic oxidation sites excluding steroid dienone is 4. The molecule has 1 amide bonds. The molecule has 458 valence electrons. The third-order valence-electron chi connectivity index (χ3n) is 17.2. The standard InChI is InChI=1S/C73H143NO3/c1-3-5-7-9-11-13-15-17-19-21-23-25-27-29-31-33-35-36-37-38-39-41-43-45-47-49-51-53-55-57-59-61-63-65-67-69-73(77)74-71(70-75)72(76)68-66-64-62-60-58-56-54-52-50-48-46-44-42-40-34-32-30-28-26-24-22-20-18-16-14-12-10-8-6-4-2/h15,17,21,23,71-72,75-76H,3-14,16,18-20,22,24-70H2,1-2H3,(H,74,77)/b17-15-,23-21-. The minimum atomic E-state index is -0.659. The molecular weight excluding hydrogens is 939 g/mol. The first kappa shape index (κ1) is 75.9. The number of rotatable bonds is 68. The molecule has 0 saturated carbocycles. The highest BCUT2D eigenvalue weighted by Gasteiger charge is 2.20. The Bertz CT molecular complexity index is 1140. The Balaban J connectivity index is 3.37. The fourth-order valence-corrected chi connectivity index (χ4v) is 11.8. The number of aliphatic hydroxyl groups excluding tert-OH is 2. The van der Waals surface area contributed by atoms with Gasteiger partial charge >= 0.3 is 0 Å². The van der Waals surface area contributed by atoms with E-state index < -0.39 is 12.1 Å². The lowest BCUT2D eigenvalue weighted by Crippen LogP contribution is -2.45. The van der Waals surface area contributed by atoms with Crippen LogP contribution in [0.2, 0.25) is 0 Å². The Morgan fingerprint density at radius 1 is 0.312 bits per heavy atom. The largest absolute Gasteiger partial charge is 0.394 e. The summed E-state index contributed by atoms with van der Waals surface area (Å²) < 4.78 is 0. The van der Waals surface area contributed by atoms with E-state index in [1.165, 1.54) is 360 Å². The van der Waals surface area contributed by atoms with Crippen molar-refractivity contribution in [2.45, 2.75) is 431 Å². The summed E-state index contributed by atoms with van der Waals surface area (Å²) in [6.45, 7) is 4.40. The van der Waals surface area contributed by atoms with E-state index in [2.05, 4.69) is 43.5 Å². The van der Waals surface area contributed by atoms with Crippen LogP contribution in [0, 0.1) is 0 Å². The molecule has 2 atom stereocenters. The Morgan fingerprint density at radius 3 is 0.779 bits per heavy atom. The predicted molar refractivity (Wildman–Crippen MR) is 346 cm³/mol. The summed E-state index contributed by atoms with van der Waals surface area (Å²) in [7, 11) is 0. The zero-order valence-electron chi connectivity index (χ0n) is 53.0. The number of amides is 1. The third-order valence-corrected chi connectivity index (χ3v) is 17.2. The molecule has 0 saturated heterocycles. The average molecular weight is 1080 g/mol. The minimum absolute atomic E-state index is 0.0210. The van der Waals surface area contributed by atoms with Crippen molar-refractivity contribution in [2.75, 3.05) is 6.61 Å². The SMILES string of the molecule is CCCCCCC/C=C\C/C=C\CCCCCCCCCCCCCCCCCCCCCCCCCC(=O)NC(CO)C(O)CCCCCCCCCCCCCCCCCCCCCCCCCCCCCCCC. The lowest BCUT2D eigenvalue weighted by Gasteiger charge is -2.22. The molecule has 0 aliphatic heterocycles. The van der Waals surface area contributed by atoms with E-state index in [4.69, 9.17) is 0 Å². The van der Waals surface area contributed by atoms with Gasteiger partial charge in [-0.1, -0.05) is 391 Å². The number of carbonyl (C=O) groups excluding carboxylic acids is 1. The summed E-state index contributed by atoms with van der Waals surface area (Å²) >= 11 is 0. The monoisotopic (exact) mass is 1080 g/mol. The van der Waals surface area contributed by atoms with E-state index in [0.717, 1.165) is 32.1 Å². The molecule has 0 aromatic carbocycles. The molecule has 0 rings (SSSR count). The highest BCUT2D eigenvalue weighted by Crippen LogP contribution is 2.20. The smallest absolute Gasteiger partial charge is 0.220 e. The van der Waals surface area contributed by atoms with Gasteiger partial charge < -0.3 is 15.5 Å². The molecular formula is C73H143NO3. The summed E-state index contributed by atoms with van der Waals surface area (Å²) in [5.41, 5.74) is 0. The third kappa shape index (κ3) is 65.6. The fraction of sp³-hybridized carbons (Fsp3) is 0.932. The fourth-order valence-electron chi connectivity index (χ4n) is 11.8. The van der Waals surface area contributed by atoms with Crippen molar-refractivity contribution in [3.63, 3.8) is 0 Å². The van der Waals surface area contributed by atoms with Gasteiger partial charge in [-0.2, -0.15) is 0 Å². The molecule has 4 nitrogen and oxygen atoms in total. The van der Waals surface area contributed by atoms with Gasteiger partial charge in [0.1, 0.15) is 0 Å². The van der Waals surface area contributed by atoms with Crippen LogP contribution in [-0.2, 0) is 4.79 Å². The second-order valence-electron chi connectivity index (χ2n) is 25.0. The van der Waals surface area contributed by atoms with Crippen molar-refractivity contribution in [3.05, 3.63) is 24.3 Å². The molecule has 77 heavy (non-hydrogen) atoms. The van der Waals surface area contributed by atoms with Gasteiger partial charge in [0.25, 0.3) is 0 Å². The second kappa shape index (κ2) is 69.1. The first-order chi connectivity index (χ1) is 38.2. The molecule has 0 spiro atoms. The number of unbranched alkanes of at least 4 members (excludes halogenated alkanes) is 57. The van der Waals surface area contributed by atoms with Crippen LogP contribution in [0.4, 0.5) is 0 Å². The van der Waals surface area contributed by atoms with Crippen LogP contribution in [0.3, 0.4) is 0 Å². The van der Waals surface area contributed by atoms with Crippen LogP contribution in [0.1, 0.15) is 418 Å². The number of aliphatic hydroxyl groups is 2. The topological polar surface area (TPSA) is 69.6 Å². The van der Waals surface area contributed by atoms with E-state index in [1.807, 2.05) is 0 Å². The summed E-state index contributed by atoms with van der Waals surface area (Å²) in [4.78, 5) is 12.6. The Morgan fingerprint density at radius 2 is 0.532 bits per heavy atom. The van der Waals surface area contributed by atoms with Crippen molar-refractivity contribution in [1.29, 1.82) is 0 Å². The molecule has 0 fully saturated rings. The highest BCUT2D eigenvalue weighted by molar-refractivity contribution is 5.76. The van der Waals surface area contributed by atoms with Gasteiger partial charge in [-0.15, -0.1) is 0 Å². The van der Waals surface area contributed by atoms with Crippen LogP contribution in [-0.4, -0.2) is 34.9 Å². The molecule has 0 aromatic rings. The molecule has 3 N–H and O–H groups in total. The number of carbonyl (C=O) groups is 1. The molecule has 0 bridgehead atoms. The maximum atomic E-state index is 12.6. The number of hydrogen-bond acceptors (Lipinski definition) is 3. The molecule has 4 heteroatoms. The van der Waals surface area contributed by atoms with Crippen molar-refractivity contribution in [3.8, 4) is 0 Å². The van der Waals surface area contributed by atoms with E-state index in [0.29, 0.717) is 12.8 Å². The van der Waals surface area contributed by atoms with Crippen LogP contribution in [0.15, 0.2) is 24.3 Å². The van der Waals surface area contributed by atoms with Gasteiger partial charge in [-0.05, 0) is 44.9 Å². The molecule has 0 aliphatic carbocycles. The first-order valence-electron chi connectivity index (χ1n) is 36.0. The summed E-state index contributed by atoms with van der Waals surface area (Å²) in [6.07, 6.45) is 93.9. The van der Waals surface area contributed by atoms with Gasteiger partial charge in [0.2, 0.25) is 5.91 Å². The van der Waals surface area contributed by atoms with Gasteiger partial charge in [0.15, 0.2) is 0 Å². The van der Waals surface area contributed by atoms with Crippen LogP contribution in [0.5, 0.6) is 0 Å². The Kier molecular flexibility index (Phi) is 68.1. The molecule has 2 unspecified atom stereocenters. The average Bonchev–Trinajstić information content (AvgIpc) is 3.43. The number of hydrogen-bond donors (Lipinski definition) is 3. The van der Waals surface area contributed by atoms with Crippen LogP contribution < -0.4 is 5.32 Å². The van der Waals surface area contributed by atoms with Crippen molar-refractivity contribution in [1.82, 2.24) is 5.32 Å². The zero-order valence-corrected chi connectivity index (χ0v) is 53.0. The van der Waals surface area contributed by atoms with E-state index in [9.17, 15) is 15.0 Å². The Hall–Kier alpha value is -1.13. The van der Waals surface area contributed by atoms with E-state index in [1.54, 1.807) is 0 Å². The maximum Gasteiger partial charge on any atom is 0.220 e. The second-order valence-corrected chi connectivity index (χ2v) is 25.0. The first-order valence-corrected chi connectivity index (χ1v) is 36.0. The summed E-state index contributed by atoms with van der Waals surface area (Å²) in [5, 5.41) is 23.5. The zero-order chi connectivity index (χ0) is 55.5. The quantitative estimate of drug-likeness (QED) is 0.0420. The molecule has 0 heterocycles. The summed E-state index contributed by atoms with van der Waals surface area (Å²) in [5.74, 6) is -0.0210. The molecule has 0 aromatic heterocycles. The number of nitrogens with one attached hydrogen (secondary N) is 1. The van der Waals surface area contributed by atoms with Crippen LogP contribution in [0.25, 0.3) is 0 Å². The van der Waals surface area contributed by atoms with Gasteiger partial charge in [0, 0.05) is 6.42 Å². The van der Waals surface area contributed by atoms with Crippen molar-refractivity contribution in [2.24, 2.45) is 0 Å². The highest BCUT2D eigenvalue weighted by atomic mass is 16.3. The molecule has 0 aliphatic rings. The van der Waals surface area contributed by atoms with Gasteiger partial charge in [-0.3, -0.25) is 4.79 Å². The lowest BCUT2D eigenvalue weighted by molar-refractivity contribution is -0.123. The lowest BCUT2D eigenvalue weighted by atomic mass is 10.0. The minimum Gasteiger partial charge on any atom is -0.394 e. The van der Waals surface area contributed by atoms with Crippen molar-refractivity contribution >= 4 is 5.91 Å². The van der Waals surface area contributed by atoms with Crippen molar-refractivity contribution < 1.29 is 15.0 Å². The van der Waals surface area contributed by atoms with Gasteiger partial charge in [-0.25, -0.2) is 0 Å². The normalized spacial score (nSPS) is 12.7. The van der Waals surface area contributed by atoms with E-state index >= 15 is 0 Å². The van der Waals surface area contributed by atoms with Crippen LogP contribution >= 0.6 is 0 Å². The predicted octanol–water partition coefficient (Wildman–Crippen LogP) is 24.6. The molecule has 0 radical (unpaired) electrons. The summed E-state index contributed by atoms with van der Waals surface area (Å²) in [6, 6.07) is -0.535. The van der Waals surface area contributed by atoms with Gasteiger partial charge in [0.05, 0.1) is 18.8 Å². The van der Waals surface area contributed by atoms with E-state index in [-0.39, 0.29) is 12.5 Å².